The number of ether oxygens (including phenoxy) is 1. The van der Waals surface area contributed by atoms with Gasteiger partial charge >= 0.3 is 0 Å². The Morgan fingerprint density at radius 3 is 2.76 bits per heavy atom. The van der Waals surface area contributed by atoms with Gasteiger partial charge in [-0.15, -0.1) is 0 Å². The van der Waals surface area contributed by atoms with E-state index < -0.39 is 17.8 Å². The second-order valence-corrected chi connectivity index (χ2v) is 5.13. The summed E-state index contributed by atoms with van der Waals surface area (Å²) >= 11 is 5.78. The van der Waals surface area contributed by atoms with Crippen LogP contribution >= 0.6 is 11.6 Å². The third-order valence-corrected chi connectivity index (χ3v) is 3.09. The Morgan fingerprint density at radius 2 is 2.05 bits per heavy atom. The molecule has 1 atom stereocenters. The van der Waals surface area contributed by atoms with E-state index >= 15 is 0 Å². The number of aryl methyl sites for hydroxylation is 1. The van der Waals surface area contributed by atoms with E-state index in [0.29, 0.717) is 10.8 Å². The van der Waals surface area contributed by atoms with Crippen molar-refractivity contribution >= 4 is 23.2 Å². The van der Waals surface area contributed by atoms with Crippen LogP contribution in [0.2, 0.25) is 5.02 Å². The van der Waals surface area contributed by atoms with Gasteiger partial charge < -0.3 is 10.1 Å². The number of carbonyl (C=O) groups is 1. The quantitative estimate of drug-likeness (QED) is 0.919. The second-order valence-electron chi connectivity index (χ2n) is 4.69. The summed E-state index contributed by atoms with van der Waals surface area (Å²) in [7, 11) is 0. The van der Waals surface area contributed by atoms with Crippen LogP contribution < -0.4 is 10.1 Å². The van der Waals surface area contributed by atoms with Crippen molar-refractivity contribution in [2.45, 2.75) is 20.0 Å². The predicted octanol–water partition coefficient (Wildman–Crippen LogP) is 4.19. The minimum Gasteiger partial charge on any atom is -0.481 e. The molecule has 0 spiro atoms. The molecule has 0 saturated heterocycles. The molecule has 0 aliphatic rings. The molecule has 0 radical (unpaired) electrons. The zero-order valence-corrected chi connectivity index (χ0v) is 12.4. The van der Waals surface area contributed by atoms with E-state index in [1.165, 1.54) is 18.2 Å². The van der Waals surface area contributed by atoms with Crippen molar-refractivity contribution < 1.29 is 13.9 Å². The van der Waals surface area contributed by atoms with Gasteiger partial charge in [-0.2, -0.15) is 0 Å². The molecule has 5 heteroatoms. The fraction of sp³-hybridized carbons (Fsp3) is 0.188. The van der Waals surface area contributed by atoms with Crippen LogP contribution in [-0.2, 0) is 4.79 Å². The van der Waals surface area contributed by atoms with Crippen molar-refractivity contribution in [2.24, 2.45) is 0 Å². The van der Waals surface area contributed by atoms with Gasteiger partial charge in [0.15, 0.2) is 6.10 Å². The SMILES string of the molecule is Cc1cccc(OC(C)C(=O)Nc2cc(Cl)ccc2F)c1. The molecule has 0 fully saturated rings. The van der Waals surface area contributed by atoms with Crippen LogP contribution in [0.25, 0.3) is 0 Å². The normalized spacial score (nSPS) is 11.8. The Kier molecular flexibility index (Phi) is 4.81. The zero-order chi connectivity index (χ0) is 15.4. The summed E-state index contributed by atoms with van der Waals surface area (Å²) in [6.07, 6.45) is -0.759. The first-order valence-electron chi connectivity index (χ1n) is 6.45. The van der Waals surface area contributed by atoms with Gasteiger partial charge in [-0.1, -0.05) is 23.7 Å². The number of benzene rings is 2. The van der Waals surface area contributed by atoms with Crippen molar-refractivity contribution in [1.82, 2.24) is 0 Å². The summed E-state index contributed by atoms with van der Waals surface area (Å²) in [5, 5.41) is 2.81. The highest BCUT2D eigenvalue weighted by Gasteiger charge is 2.16. The second kappa shape index (κ2) is 6.59. The molecule has 1 N–H and O–H groups in total. The Labute approximate surface area is 127 Å². The van der Waals surface area contributed by atoms with E-state index in [-0.39, 0.29) is 5.69 Å². The highest BCUT2D eigenvalue weighted by atomic mass is 35.5. The van der Waals surface area contributed by atoms with Crippen molar-refractivity contribution in [2.75, 3.05) is 5.32 Å². The van der Waals surface area contributed by atoms with E-state index in [9.17, 15) is 9.18 Å². The molecule has 21 heavy (non-hydrogen) atoms. The molecule has 0 saturated carbocycles. The molecule has 0 heterocycles. The van der Waals surface area contributed by atoms with Gasteiger partial charge in [0.05, 0.1) is 5.69 Å². The van der Waals surface area contributed by atoms with Gasteiger partial charge in [-0.3, -0.25) is 4.79 Å². The molecule has 3 nitrogen and oxygen atoms in total. The first-order valence-corrected chi connectivity index (χ1v) is 6.83. The Balaban J connectivity index is 2.04. The summed E-state index contributed by atoms with van der Waals surface area (Å²) in [6, 6.07) is 11.3. The summed E-state index contributed by atoms with van der Waals surface area (Å²) < 4.78 is 19.1. The third-order valence-electron chi connectivity index (χ3n) is 2.86. The number of amides is 1. The molecular weight excluding hydrogens is 293 g/mol. The molecule has 0 aromatic heterocycles. The lowest BCUT2D eigenvalue weighted by molar-refractivity contribution is -0.122. The van der Waals surface area contributed by atoms with Crippen molar-refractivity contribution in [3.8, 4) is 5.75 Å². The summed E-state index contributed by atoms with van der Waals surface area (Å²) in [5.41, 5.74) is 1.06. The minimum absolute atomic E-state index is 0.0344. The van der Waals surface area contributed by atoms with E-state index in [4.69, 9.17) is 16.3 Å². The largest absolute Gasteiger partial charge is 0.481 e. The van der Waals surface area contributed by atoms with E-state index in [2.05, 4.69) is 5.32 Å². The maximum atomic E-state index is 13.6. The van der Waals surface area contributed by atoms with Gasteiger partial charge in [0, 0.05) is 5.02 Å². The van der Waals surface area contributed by atoms with Crippen LogP contribution in [0.15, 0.2) is 42.5 Å². The Hall–Kier alpha value is -2.07. The topological polar surface area (TPSA) is 38.3 Å². The number of carbonyl (C=O) groups excluding carboxylic acids is 1. The predicted molar refractivity (Wildman–Crippen MR) is 81.3 cm³/mol. The number of rotatable bonds is 4. The Bertz CT molecular complexity index is 660. The molecule has 110 valence electrons. The Morgan fingerprint density at radius 1 is 1.29 bits per heavy atom. The molecule has 2 aromatic rings. The number of nitrogens with one attached hydrogen (secondary N) is 1. The van der Waals surface area contributed by atoms with Crippen molar-refractivity contribution in [1.29, 1.82) is 0 Å². The van der Waals surface area contributed by atoms with Gasteiger partial charge in [0.25, 0.3) is 5.91 Å². The first-order chi connectivity index (χ1) is 9.95. The molecule has 2 rings (SSSR count). The fourth-order valence-electron chi connectivity index (χ4n) is 1.77. The number of hydrogen-bond acceptors (Lipinski definition) is 2. The average Bonchev–Trinajstić information content (AvgIpc) is 2.43. The molecular formula is C16H15ClFNO2. The van der Waals surface area contributed by atoms with Crippen LogP contribution in [0.4, 0.5) is 10.1 Å². The minimum atomic E-state index is -0.759. The van der Waals surface area contributed by atoms with Crippen molar-refractivity contribution in [3.63, 3.8) is 0 Å². The van der Waals surface area contributed by atoms with Crippen LogP contribution in [0, 0.1) is 12.7 Å². The maximum absolute atomic E-state index is 13.6. The molecule has 1 unspecified atom stereocenters. The third kappa shape index (κ3) is 4.20. The zero-order valence-electron chi connectivity index (χ0n) is 11.7. The highest BCUT2D eigenvalue weighted by molar-refractivity contribution is 6.30. The molecule has 0 bridgehead atoms. The number of halogens is 2. The lowest BCUT2D eigenvalue weighted by Gasteiger charge is -2.15. The molecule has 0 aliphatic heterocycles. The standard InChI is InChI=1S/C16H15ClFNO2/c1-10-4-3-5-13(8-10)21-11(2)16(20)19-15-9-12(17)6-7-14(15)18/h3-9,11H,1-2H3,(H,19,20). The average molecular weight is 308 g/mol. The lowest BCUT2D eigenvalue weighted by atomic mass is 10.2. The van der Waals surface area contributed by atoms with Gasteiger partial charge in [0.2, 0.25) is 0 Å². The highest BCUT2D eigenvalue weighted by Crippen LogP contribution is 2.20. The van der Waals surface area contributed by atoms with E-state index in [0.717, 1.165) is 5.56 Å². The van der Waals surface area contributed by atoms with Crippen LogP contribution in [-0.4, -0.2) is 12.0 Å². The number of hydrogen-bond donors (Lipinski definition) is 1. The summed E-state index contributed by atoms with van der Waals surface area (Å²) in [5.74, 6) is -0.405. The lowest BCUT2D eigenvalue weighted by Crippen LogP contribution is -2.30. The molecule has 2 aromatic carbocycles. The number of anilines is 1. The summed E-state index contributed by atoms with van der Waals surface area (Å²) in [4.78, 5) is 12.0. The van der Waals surface area contributed by atoms with Crippen LogP contribution in [0.1, 0.15) is 12.5 Å². The fourth-order valence-corrected chi connectivity index (χ4v) is 1.95. The monoisotopic (exact) mass is 307 g/mol. The van der Waals surface area contributed by atoms with Gasteiger partial charge in [0.1, 0.15) is 11.6 Å². The first kappa shape index (κ1) is 15.3. The molecule has 1 amide bonds. The van der Waals surface area contributed by atoms with Crippen LogP contribution in [0.3, 0.4) is 0 Å². The molecule has 0 aliphatic carbocycles. The van der Waals surface area contributed by atoms with Gasteiger partial charge in [-0.05, 0) is 49.7 Å². The van der Waals surface area contributed by atoms with Crippen LogP contribution in [0.5, 0.6) is 5.75 Å². The summed E-state index contributed by atoms with van der Waals surface area (Å²) in [6.45, 7) is 3.53. The van der Waals surface area contributed by atoms with E-state index in [1.54, 1.807) is 13.0 Å². The maximum Gasteiger partial charge on any atom is 0.265 e. The smallest absolute Gasteiger partial charge is 0.265 e. The van der Waals surface area contributed by atoms with Gasteiger partial charge in [-0.25, -0.2) is 4.39 Å². The van der Waals surface area contributed by atoms with Crippen molar-refractivity contribution in [3.05, 3.63) is 58.9 Å². The van der Waals surface area contributed by atoms with E-state index in [1.807, 2.05) is 25.1 Å².